The van der Waals surface area contributed by atoms with Crippen molar-refractivity contribution in [2.24, 2.45) is 11.3 Å². The van der Waals surface area contributed by atoms with Gasteiger partial charge in [-0.1, -0.05) is 20.8 Å². The maximum Gasteiger partial charge on any atom is 0.410 e. The van der Waals surface area contributed by atoms with Crippen LogP contribution in [0.25, 0.3) is 0 Å². The SMILES string of the molecule is CCC(=O)[C@]1(C)CN(C(=O)OC(C)(C)C)C[C@H]1C. The van der Waals surface area contributed by atoms with Gasteiger partial charge in [0, 0.05) is 24.9 Å². The Labute approximate surface area is 110 Å². The van der Waals surface area contributed by atoms with Crippen LogP contribution < -0.4 is 0 Å². The van der Waals surface area contributed by atoms with Gasteiger partial charge >= 0.3 is 6.09 Å². The molecule has 1 amide bonds. The summed E-state index contributed by atoms with van der Waals surface area (Å²) in [6, 6.07) is 0. The lowest BCUT2D eigenvalue weighted by molar-refractivity contribution is -0.128. The lowest BCUT2D eigenvalue weighted by Crippen LogP contribution is -2.38. The lowest BCUT2D eigenvalue weighted by Gasteiger charge is -2.27. The van der Waals surface area contributed by atoms with E-state index in [9.17, 15) is 9.59 Å². The number of hydrogen-bond acceptors (Lipinski definition) is 3. The van der Waals surface area contributed by atoms with Crippen LogP contribution in [0.1, 0.15) is 48.0 Å². The quantitative estimate of drug-likeness (QED) is 0.762. The zero-order chi connectivity index (χ0) is 14.1. The molecule has 0 bridgehead atoms. The maximum absolute atomic E-state index is 12.0. The van der Waals surface area contributed by atoms with Crippen LogP contribution in [0.2, 0.25) is 0 Å². The molecule has 0 radical (unpaired) electrons. The normalized spacial score (nSPS) is 28.3. The van der Waals surface area contributed by atoms with Gasteiger partial charge in [-0.05, 0) is 26.7 Å². The Balaban J connectivity index is 2.75. The van der Waals surface area contributed by atoms with Crippen LogP contribution in [0.3, 0.4) is 0 Å². The molecule has 1 aliphatic rings. The van der Waals surface area contributed by atoms with Crippen molar-refractivity contribution >= 4 is 11.9 Å². The molecule has 1 aliphatic heterocycles. The first-order valence-electron chi connectivity index (χ1n) is 6.61. The fraction of sp³-hybridized carbons (Fsp3) is 0.857. The van der Waals surface area contributed by atoms with E-state index >= 15 is 0 Å². The van der Waals surface area contributed by atoms with Crippen molar-refractivity contribution in [3.05, 3.63) is 0 Å². The monoisotopic (exact) mass is 255 g/mol. The van der Waals surface area contributed by atoms with Gasteiger partial charge in [-0.15, -0.1) is 0 Å². The highest BCUT2D eigenvalue weighted by molar-refractivity contribution is 5.86. The molecule has 0 aromatic carbocycles. The second-order valence-corrected chi connectivity index (χ2v) is 6.46. The highest BCUT2D eigenvalue weighted by atomic mass is 16.6. The van der Waals surface area contributed by atoms with Gasteiger partial charge in [0.25, 0.3) is 0 Å². The largest absolute Gasteiger partial charge is 0.444 e. The summed E-state index contributed by atoms with van der Waals surface area (Å²) in [5.74, 6) is 0.401. The van der Waals surface area contributed by atoms with Gasteiger partial charge in [0.1, 0.15) is 11.4 Å². The molecule has 0 aromatic rings. The highest BCUT2D eigenvalue weighted by Gasteiger charge is 2.47. The molecule has 0 aromatic heterocycles. The van der Waals surface area contributed by atoms with Crippen LogP contribution in [-0.4, -0.2) is 35.5 Å². The molecule has 1 saturated heterocycles. The maximum atomic E-state index is 12.0. The van der Waals surface area contributed by atoms with Crippen molar-refractivity contribution in [1.82, 2.24) is 4.90 Å². The number of rotatable bonds is 2. The minimum Gasteiger partial charge on any atom is -0.444 e. The Morgan fingerprint density at radius 2 is 1.94 bits per heavy atom. The van der Waals surface area contributed by atoms with Gasteiger partial charge in [-0.3, -0.25) is 4.79 Å². The van der Waals surface area contributed by atoms with Crippen LogP contribution in [0.4, 0.5) is 4.79 Å². The number of amides is 1. The topological polar surface area (TPSA) is 46.6 Å². The summed E-state index contributed by atoms with van der Waals surface area (Å²) < 4.78 is 5.35. The molecule has 0 aliphatic carbocycles. The van der Waals surface area contributed by atoms with E-state index in [2.05, 4.69) is 0 Å². The number of carbonyl (C=O) groups excluding carboxylic acids is 2. The first kappa shape index (κ1) is 15.0. The van der Waals surface area contributed by atoms with E-state index in [1.54, 1.807) is 4.90 Å². The average molecular weight is 255 g/mol. The van der Waals surface area contributed by atoms with E-state index < -0.39 is 11.0 Å². The molecule has 0 spiro atoms. The predicted molar refractivity (Wildman–Crippen MR) is 70.4 cm³/mol. The van der Waals surface area contributed by atoms with Gasteiger partial charge in [-0.25, -0.2) is 4.79 Å². The summed E-state index contributed by atoms with van der Waals surface area (Å²) in [6.45, 7) is 12.5. The van der Waals surface area contributed by atoms with E-state index in [1.165, 1.54) is 0 Å². The second-order valence-electron chi connectivity index (χ2n) is 6.46. The van der Waals surface area contributed by atoms with Crippen molar-refractivity contribution in [2.75, 3.05) is 13.1 Å². The van der Waals surface area contributed by atoms with Crippen LogP contribution >= 0.6 is 0 Å². The number of Topliss-reactive ketones (excluding diaryl/α,β-unsaturated/α-hetero) is 1. The van der Waals surface area contributed by atoms with E-state index in [1.807, 2.05) is 41.5 Å². The smallest absolute Gasteiger partial charge is 0.410 e. The number of ketones is 1. The molecule has 1 rings (SSSR count). The van der Waals surface area contributed by atoms with Crippen molar-refractivity contribution in [2.45, 2.75) is 53.6 Å². The van der Waals surface area contributed by atoms with E-state index in [0.29, 0.717) is 19.5 Å². The molecular formula is C14H25NO3. The standard InChI is InChI=1S/C14H25NO3/c1-7-11(16)14(6)9-15(8-10(14)2)12(17)18-13(3,4)5/h10H,7-9H2,1-6H3/t10-,14-/m1/s1. The molecule has 18 heavy (non-hydrogen) atoms. The second kappa shape index (κ2) is 4.90. The number of likely N-dealkylation sites (tertiary alicyclic amines) is 1. The van der Waals surface area contributed by atoms with Crippen molar-refractivity contribution in [1.29, 1.82) is 0 Å². The van der Waals surface area contributed by atoms with E-state index in [-0.39, 0.29) is 17.8 Å². The highest BCUT2D eigenvalue weighted by Crippen LogP contribution is 2.37. The van der Waals surface area contributed by atoms with Gasteiger partial charge < -0.3 is 9.64 Å². The Kier molecular flexibility index (Phi) is 4.08. The van der Waals surface area contributed by atoms with Crippen LogP contribution in [0.15, 0.2) is 0 Å². The molecule has 0 saturated carbocycles. The molecular weight excluding hydrogens is 230 g/mol. The molecule has 2 atom stereocenters. The first-order valence-corrected chi connectivity index (χ1v) is 6.61. The molecule has 104 valence electrons. The van der Waals surface area contributed by atoms with Gasteiger partial charge in [-0.2, -0.15) is 0 Å². The zero-order valence-corrected chi connectivity index (χ0v) is 12.4. The summed E-state index contributed by atoms with van der Waals surface area (Å²) >= 11 is 0. The third kappa shape index (κ3) is 3.03. The minimum atomic E-state index is -0.492. The van der Waals surface area contributed by atoms with E-state index in [4.69, 9.17) is 4.74 Å². The Hall–Kier alpha value is -1.06. The fourth-order valence-electron chi connectivity index (χ4n) is 2.38. The van der Waals surface area contributed by atoms with Crippen LogP contribution in [0, 0.1) is 11.3 Å². The van der Waals surface area contributed by atoms with E-state index in [0.717, 1.165) is 0 Å². The summed E-state index contributed by atoms with van der Waals surface area (Å²) in [5, 5.41) is 0. The number of hydrogen-bond donors (Lipinski definition) is 0. The van der Waals surface area contributed by atoms with Crippen LogP contribution in [-0.2, 0) is 9.53 Å². The van der Waals surface area contributed by atoms with Crippen molar-refractivity contribution in [3.8, 4) is 0 Å². The Morgan fingerprint density at radius 1 is 1.39 bits per heavy atom. The van der Waals surface area contributed by atoms with Gasteiger partial charge in [0.15, 0.2) is 0 Å². The molecule has 4 nitrogen and oxygen atoms in total. The molecule has 4 heteroatoms. The molecule has 0 unspecified atom stereocenters. The molecule has 1 fully saturated rings. The Morgan fingerprint density at radius 3 is 2.39 bits per heavy atom. The number of carbonyl (C=O) groups is 2. The van der Waals surface area contributed by atoms with Crippen LogP contribution in [0.5, 0.6) is 0 Å². The summed E-state index contributed by atoms with van der Waals surface area (Å²) in [7, 11) is 0. The predicted octanol–water partition coefficient (Wildman–Crippen LogP) is 2.86. The first-order chi connectivity index (χ1) is 8.10. The Bertz CT molecular complexity index is 345. The van der Waals surface area contributed by atoms with Crippen molar-refractivity contribution in [3.63, 3.8) is 0 Å². The summed E-state index contributed by atoms with van der Waals surface area (Å²) in [4.78, 5) is 25.7. The average Bonchev–Trinajstić information content (AvgIpc) is 2.53. The third-order valence-corrected chi connectivity index (χ3v) is 3.71. The summed E-state index contributed by atoms with van der Waals surface area (Å²) in [6.07, 6.45) is 0.199. The minimum absolute atomic E-state index is 0.178. The summed E-state index contributed by atoms with van der Waals surface area (Å²) in [5.41, 5.74) is -0.917. The lowest BCUT2D eigenvalue weighted by atomic mass is 9.76. The van der Waals surface area contributed by atoms with Crippen molar-refractivity contribution < 1.29 is 14.3 Å². The molecule has 1 heterocycles. The third-order valence-electron chi connectivity index (χ3n) is 3.71. The fourth-order valence-corrected chi connectivity index (χ4v) is 2.38. The number of ether oxygens (including phenoxy) is 1. The van der Waals surface area contributed by atoms with Gasteiger partial charge in [0.2, 0.25) is 0 Å². The molecule has 0 N–H and O–H groups in total. The zero-order valence-electron chi connectivity index (χ0n) is 12.4. The van der Waals surface area contributed by atoms with Gasteiger partial charge in [0.05, 0.1) is 0 Å². The number of nitrogens with zero attached hydrogens (tertiary/aromatic N) is 1.